The summed E-state index contributed by atoms with van der Waals surface area (Å²) in [6, 6.07) is -0.00477. The van der Waals surface area contributed by atoms with E-state index in [0.29, 0.717) is 5.03 Å². The maximum Gasteiger partial charge on any atom is 0.421 e. The van der Waals surface area contributed by atoms with Crippen molar-refractivity contribution < 1.29 is 9.53 Å². The fraction of sp³-hybridized carbons (Fsp3) is 0.667. The van der Waals surface area contributed by atoms with Gasteiger partial charge in [-0.25, -0.2) is 9.10 Å². The molecule has 1 amide bonds. The second-order valence-corrected chi connectivity index (χ2v) is 5.25. The third-order valence-electron chi connectivity index (χ3n) is 1.55. The minimum Gasteiger partial charge on any atom is -0.443 e. The van der Waals surface area contributed by atoms with E-state index in [9.17, 15) is 4.79 Å². The molecule has 14 heavy (non-hydrogen) atoms. The number of hydrogen-bond acceptors (Lipinski definition) is 4. The second-order valence-electron chi connectivity index (χ2n) is 4.21. The zero-order chi connectivity index (χ0) is 10.9. The first-order valence-corrected chi connectivity index (χ1v) is 5.24. The number of hydrogen-bond donors (Lipinski definition) is 1. The summed E-state index contributed by atoms with van der Waals surface area (Å²) in [5, 5.41) is 0.642. The lowest BCUT2D eigenvalue weighted by molar-refractivity contribution is 0.0389. The van der Waals surface area contributed by atoms with E-state index in [1.54, 1.807) is 0 Å². The topological polar surface area (TPSA) is 55.6 Å². The molecule has 0 radical (unpaired) electrons. The molecular formula is C9H16N2O2S. The van der Waals surface area contributed by atoms with E-state index < -0.39 is 5.60 Å². The van der Waals surface area contributed by atoms with Gasteiger partial charge in [-0.05, 0) is 33.8 Å². The van der Waals surface area contributed by atoms with Crippen LogP contribution in [0.4, 0.5) is 4.79 Å². The van der Waals surface area contributed by atoms with Crippen LogP contribution in [0.2, 0.25) is 0 Å². The second kappa shape index (κ2) is 3.73. The predicted molar refractivity (Wildman–Crippen MR) is 57.4 cm³/mol. The Kier molecular flexibility index (Phi) is 2.99. The SMILES string of the molecule is CC1C=C(N)SN1C(=O)OC(C)(C)C. The molecule has 0 saturated heterocycles. The monoisotopic (exact) mass is 216 g/mol. The van der Waals surface area contributed by atoms with E-state index in [1.165, 1.54) is 16.3 Å². The highest BCUT2D eigenvalue weighted by Crippen LogP contribution is 2.30. The highest BCUT2D eigenvalue weighted by atomic mass is 32.2. The Morgan fingerprint density at radius 3 is 2.57 bits per heavy atom. The lowest BCUT2D eigenvalue weighted by atomic mass is 10.2. The van der Waals surface area contributed by atoms with Crippen LogP contribution in [0, 0.1) is 0 Å². The van der Waals surface area contributed by atoms with Crippen molar-refractivity contribution in [3.8, 4) is 0 Å². The summed E-state index contributed by atoms with van der Waals surface area (Å²) in [5.41, 5.74) is 5.13. The Labute approximate surface area is 88.6 Å². The van der Waals surface area contributed by atoms with Gasteiger partial charge >= 0.3 is 6.09 Å². The third kappa shape index (κ3) is 2.83. The molecule has 0 bridgehead atoms. The Morgan fingerprint density at radius 2 is 2.21 bits per heavy atom. The average molecular weight is 216 g/mol. The van der Waals surface area contributed by atoms with Crippen LogP contribution in [0.5, 0.6) is 0 Å². The molecule has 0 fully saturated rings. The number of nitrogens with zero attached hydrogens (tertiary/aromatic N) is 1. The van der Waals surface area contributed by atoms with Gasteiger partial charge in [-0.3, -0.25) is 0 Å². The van der Waals surface area contributed by atoms with Crippen molar-refractivity contribution in [2.45, 2.75) is 39.3 Å². The van der Waals surface area contributed by atoms with Crippen molar-refractivity contribution in [1.82, 2.24) is 4.31 Å². The summed E-state index contributed by atoms with van der Waals surface area (Å²) in [5.74, 6) is 0. The van der Waals surface area contributed by atoms with E-state index in [-0.39, 0.29) is 12.1 Å². The van der Waals surface area contributed by atoms with Crippen LogP contribution < -0.4 is 5.73 Å². The Balaban J connectivity index is 2.56. The molecule has 0 aromatic heterocycles. The van der Waals surface area contributed by atoms with E-state index in [1.807, 2.05) is 33.8 Å². The quantitative estimate of drug-likeness (QED) is 0.630. The molecule has 2 N–H and O–H groups in total. The van der Waals surface area contributed by atoms with Crippen molar-refractivity contribution in [2.24, 2.45) is 5.73 Å². The standard InChI is InChI=1S/C9H16N2O2S/c1-6-5-7(10)14-11(6)8(12)13-9(2,3)4/h5-6H,10H2,1-4H3. The van der Waals surface area contributed by atoms with Crippen LogP contribution in [-0.2, 0) is 4.74 Å². The maximum absolute atomic E-state index is 11.6. The van der Waals surface area contributed by atoms with Gasteiger partial charge in [0.15, 0.2) is 0 Å². The molecule has 1 aliphatic rings. The lowest BCUT2D eigenvalue weighted by Crippen LogP contribution is -2.35. The smallest absolute Gasteiger partial charge is 0.421 e. The van der Waals surface area contributed by atoms with Crippen LogP contribution in [0.25, 0.3) is 0 Å². The molecular weight excluding hydrogens is 200 g/mol. The molecule has 0 saturated carbocycles. The van der Waals surface area contributed by atoms with E-state index in [0.717, 1.165) is 0 Å². The maximum atomic E-state index is 11.6. The van der Waals surface area contributed by atoms with Gasteiger partial charge in [-0.1, -0.05) is 0 Å². The third-order valence-corrected chi connectivity index (χ3v) is 2.58. The molecule has 0 aromatic rings. The molecule has 5 heteroatoms. The Bertz CT molecular complexity index is 270. The fourth-order valence-corrected chi connectivity index (χ4v) is 1.87. The van der Waals surface area contributed by atoms with Crippen molar-refractivity contribution >= 4 is 18.0 Å². The molecule has 0 spiro atoms. The molecule has 1 atom stereocenters. The zero-order valence-electron chi connectivity index (χ0n) is 8.90. The lowest BCUT2D eigenvalue weighted by Gasteiger charge is -2.25. The molecule has 1 rings (SSSR count). The van der Waals surface area contributed by atoms with E-state index in [4.69, 9.17) is 10.5 Å². The van der Waals surface area contributed by atoms with Crippen molar-refractivity contribution in [2.75, 3.05) is 0 Å². The van der Waals surface area contributed by atoms with Crippen LogP contribution >= 0.6 is 11.9 Å². The van der Waals surface area contributed by atoms with Crippen LogP contribution in [0.15, 0.2) is 11.1 Å². The van der Waals surface area contributed by atoms with Gasteiger partial charge in [-0.2, -0.15) is 0 Å². The van der Waals surface area contributed by atoms with Gasteiger partial charge in [0, 0.05) is 11.9 Å². The van der Waals surface area contributed by atoms with Crippen LogP contribution in [0.3, 0.4) is 0 Å². The van der Waals surface area contributed by atoms with Gasteiger partial charge in [0.2, 0.25) is 0 Å². The fourth-order valence-electron chi connectivity index (χ4n) is 1.04. The van der Waals surface area contributed by atoms with Crippen LogP contribution in [0.1, 0.15) is 27.7 Å². The summed E-state index contributed by atoms with van der Waals surface area (Å²) in [7, 11) is 0. The first-order chi connectivity index (χ1) is 6.29. The number of nitrogens with two attached hydrogens (primary N) is 1. The number of carbonyl (C=O) groups excluding carboxylic acids is 1. The van der Waals surface area contributed by atoms with Gasteiger partial charge in [0.25, 0.3) is 0 Å². The van der Waals surface area contributed by atoms with Gasteiger partial charge in [0.05, 0.1) is 11.1 Å². The normalized spacial score (nSPS) is 22.1. The van der Waals surface area contributed by atoms with Crippen molar-refractivity contribution in [3.63, 3.8) is 0 Å². The molecule has 1 aliphatic heterocycles. The number of ether oxygens (including phenoxy) is 1. The highest BCUT2D eigenvalue weighted by Gasteiger charge is 2.30. The van der Waals surface area contributed by atoms with Crippen molar-refractivity contribution in [3.05, 3.63) is 11.1 Å². The first-order valence-electron chi connectivity index (χ1n) is 4.47. The number of carbonyl (C=O) groups is 1. The molecule has 80 valence electrons. The summed E-state index contributed by atoms with van der Waals surface area (Å²) in [4.78, 5) is 11.6. The molecule has 1 heterocycles. The zero-order valence-corrected chi connectivity index (χ0v) is 9.72. The minimum atomic E-state index is -0.464. The molecule has 4 nitrogen and oxygen atoms in total. The van der Waals surface area contributed by atoms with Crippen molar-refractivity contribution in [1.29, 1.82) is 0 Å². The van der Waals surface area contributed by atoms with Gasteiger partial charge < -0.3 is 10.5 Å². The average Bonchev–Trinajstić information content (AvgIpc) is 2.26. The summed E-state index contributed by atoms with van der Waals surface area (Å²) >= 11 is 1.22. The number of amides is 1. The minimum absolute atomic E-state index is 0.00477. The summed E-state index contributed by atoms with van der Waals surface area (Å²) < 4.78 is 6.75. The largest absolute Gasteiger partial charge is 0.443 e. The van der Waals surface area contributed by atoms with Gasteiger partial charge in [0.1, 0.15) is 5.60 Å². The molecule has 0 aliphatic carbocycles. The van der Waals surface area contributed by atoms with Gasteiger partial charge in [-0.15, -0.1) is 0 Å². The highest BCUT2D eigenvalue weighted by molar-refractivity contribution is 8.01. The predicted octanol–water partition coefficient (Wildman–Crippen LogP) is 2.07. The summed E-state index contributed by atoms with van der Waals surface area (Å²) in [6.45, 7) is 7.42. The van der Waals surface area contributed by atoms with E-state index in [2.05, 4.69) is 0 Å². The number of rotatable bonds is 0. The Morgan fingerprint density at radius 1 is 1.64 bits per heavy atom. The first kappa shape index (κ1) is 11.2. The molecule has 0 aromatic carbocycles. The van der Waals surface area contributed by atoms with Crippen LogP contribution in [-0.4, -0.2) is 22.0 Å². The molecule has 1 unspecified atom stereocenters. The van der Waals surface area contributed by atoms with E-state index >= 15 is 0 Å². The Hall–Kier alpha value is -0.840. The summed E-state index contributed by atoms with van der Waals surface area (Å²) in [6.07, 6.45) is 1.49.